The number of aromatic nitrogens is 4. The lowest BCUT2D eigenvalue weighted by molar-refractivity contribution is 0.0496. The Kier molecular flexibility index (Phi) is 6.49. The van der Waals surface area contributed by atoms with Gasteiger partial charge < -0.3 is 19.9 Å². The second-order valence-electron chi connectivity index (χ2n) is 10.0. The van der Waals surface area contributed by atoms with Crippen LogP contribution in [0.1, 0.15) is 33.4 Å². The van der Waals surface area contributed by atoms with Crippen LogP contribution in [0.4, 0.5) is 26.0 Å². The zero-order chi connectivity index (χ0) is 26.3. The summed E-state index contributed by atoms with van der Waals surface area (Å²) >= 11 is 1.51. The number of fused-ring (bicyclic) bond motifs is 1. The highest BCUT2D eigenvalue weighted by Gasteiger charge is 2.31. The van der Waals surface area contributed by atoms with Crippen LogP contribution < -0.4 is 15.1 Å². The average molecular weight is 524 g/mol. The van der Waals surface area contributed by atoms with Crippen molar-refractivity contribution in [2.24, 2.45) is 0 Å². The van der Waals surface area contributed by atoms with E-state index >= 15 is 0 Å². The van der Waals surface area contributed by atoms with Gasteiger partial charge in [0.25, 0.3) is 0 Å². The summed E-state index contributed by atoms with van der Waals surface area (Å²) < 4.78 is 20.5. The molecule has 1 fully saturated rings. The van der Waals surface area contributed by atoms with E-state index in [2.05, 4.69) is 17.1 Å². The first-order valence-electron chi connectivity index (χ1n) is 12.2. The van der Waals surface area contributed by atoms with Crippen LogP contribution in [-0.2, 0) is 11.2 Å². The number of nitrogens with one attached hydrogen (secondary N) is 1. The summed E-state index contributed by atoms with van der Waals surface area (Å²) in [7, 11) is 1.95. The third-order valence-corrected chi connectivity index (χ3v) is 6.92. The zero-order valence-corrected chi connectivity index (χ0v) is 22.3. The van der Waals surface area contributed by atoms with Crippen LogP contribution >= 0.6 is 11.3 Å². The van der Waals surface area contributed by atoms with Crippen LogP contribution in [0.15, 0.2) is 41.8 Å². The topological polar surface area (TPSA) is 87.9 Å². The van der Waals surface area contributed by atoms with Gasteiger partial charge in [0.2, 0.25) is 0 Å². The summed E-state index contributed by atoms with van der Waals surface area (Å²) in [6, 6.07) is 10.2. The maximum Gasteiger partial charge on any atom is 0.407 e. The molecule has 1 saturated heterocycles. The van der Waals surface area contributed by atoms with Crippen LogP contribution in [-0.4, -0.2) is 57.5 Å². The summed E-state index contributed by atoms with van der Waals surface area (Å²) in [5.74, 6) is 1.38. The molecule has 0 unspecified atom stereocenters. The first-order valence-corrected chi connectivity index (χ1v) is 13.1. The first kappa shape index (κ1) is 24.9. The van der Waals surface area contributed by atoms with Crippen LogP contribution in [0.5, 0.6) is 0 Å². The summed E-state index contributed by atoms with van der Waals surface area (Å²) in [5.41, 5.74) is 2.79. The Labute approximate surface area is 218 Å². The summed E-state index contributed by atoms with van der Waals surface area (Å²) in [5, 5.41) is 10.5. The molecular weight excluding hydrogens is 493 g/mol. The third-order valence-electron chi connectivity index (χ3n) is 6.01. The number of amides is 1. The van der Waals surface area contributed by atoms with Crippen molar-refractivity contribution in [3.8, 4) is 11.3 Å². The van der Waals surface area contributed by atoms with Crippen molar-refractivity contribution < 1.29 is 13.9 Å². The maximum absolute atomic E-state index is 13.3. The van der Waals surface area contributed by atoms with Crippen molar-refractivity contribution in [3.05, 3.63) is 53.3 Å². The number of ether oxygens (including phenoxy) is 1. The Morgan fingerprint density at radius 3 is 2.59 bits per heavy atom. The van der Waals surface area contributed by atoms with Crippen molar-refractivity contribution in [1.29, 1.82) is 0 Å². The molecule has 194 valence electrons. The molecule has 0 spiro atoms. The summed E-state index contributed by atoms with van der Waals surface area (Å²) in [4.78, 5) is 25.7. The standard InChI is InChI=1S/C26H30FN7O2S/c1-6-19-23(32(5)24-30-20(15-37-24)16-7-9-17(27)10-8-16)34-21(29-19)11-12-22(31-34)33-13-18(14-33)28-25(35)36-26(2,3)4/h7-12,15,18H,6,13-14H2,1-5H3,(H,28,35). The Morgan fingerprint density at radius 1 is 1.19 bits per heavy atom. The molecule has 1 aliphatic heterocycles. The number of nitrogens with zero attached hydrogens (tertiary/aromatic N) is 6. The van der Waals surface area contributed by atoms with E-state index in [-0.39, 0.29) is 11.9 Å². The van der Waals surface area contributed by atoms with Gasteiger partial charge in [-0.05, 0) is 63.6 Å². The van der Waals surface area contributed by atoms with E-state index in [1.54, 1.807) is 12.1 Å². The fourth-order valence-electron chi connectivity index (χ4n) is 4.19. The molecular formula is C26H30FN7O2S. The van der Waals surface area contributed by atoms with Gasteiger partial charge in [-0.25, -0.2) is 19.2 Å². The molecule has 0 atom stereocenters. The van der Waals surface area contributed by atoms with Gasteiger partial charge in [-0.2, -0.15) is 4.52 Å². The zero-order valence-electron chi connectivity index (χ0n) is 21.5. The van der Waals surface area contributed by atoms with Gasteiger partial charge in [0, 0.05) is 31.1 Å². The SMILES string of the molecule is CCc1nc2ccc(N3CC(NC(=O)OC(C)(C)C)C3)nn2c1N(C)c1nc(-c2ccc(F)cc2)cs1. The van der Waals surface area contributed by atoms with E-state index in [4.69, 9.17) is 19.8 Å². The van der Waals surface area contributed by atoms with Crippen LogP contribution in [0.25, 0.3) is 16.9 Å². The molecule has 4 heterocycles. The predicted molar refractivity (Wildman–Crippen MR) is 143 cm³/mol. The molecule has 0 saturated carbocycles. The Balaban J connectivity index is 1.36. The molecule has 0 bridgehead atoms. The van der Waals surface area contributed by atoms with Crippen LogP contribution in [0.3, 0.4) is 0 Å². The van der Waals surface area contributed by atoms with Gasteiger partial charge in [-0.1, -0.05) is 6.92 Å². The number of anilines is 3. The maximum atomic E-state index is 13.3. The predicted octanol–water partition coefficient (Wildman–Crippen LogP) is 5.04. The molecule has 1 amide bonds. The number of aryl methyl sites for hydroxylation is 1. The monoisotopic (exact) mass is 523 g/mol. The molecule has 1 aromatic carbocycles. The van der Waals surface area contributed by atoms with Crippen molar-refractivity contribution in [2.45, 2.75) is 45.8 Å². The quantitative estimate of drug-likeness (QED) is 0.379. The number of hydrogen-bond donors (Lipinski definition) is 1. The minimum atomic E-state index is -0.530. The lowest BCUT2D eigenvalue weighted by Gasteiger charge is -2.40. The van der Waals surface area contributed by atoms with Gasteiger partial charge in [0.15, 0.2) is 16.6 Å². The Hall–Kier alpha value is -3.73. The number of alkyl carbamates (subject to hydrolysis) is 1. The summed E-state index contributed by atoms with van der Waals surface area (Å²) in [6.07, 6.45) is 0.329. The first-order chi connectivity index (χ1) is 17.6. The van der Waals surface area contributed by atoms with Gasteiger partial charge in [0.1, 0.15) is 17.2 Å². The van der Waals surface area contributed by atoms with Gasteiger partial charge >= 0.3 is 6.09 Å². The summed E-state index contributed by atoms with van der Waals surface area (Å²) in [6.45, 7) is 8.89. The van der Waals surface area contributed by atoms with E-state index in [1.165, 1.54) is 23.5 Å². The highest BCUT2D eigenvalue weighted by atomic mass is 32.1. The third kappa shape index (κ3) is 5.22. The van der Waals surface area contributed by atoms with Crippen molar-refractivity contribution in [1.82, 2.24) is 24.9 Å². The highest BCUT2D eigenvalue weighted by molar-refractivity contribution is 7.14. The molecule has 5 rings (SSSR count). The van der Waals surface area contributed by atoms with E-state index < -0.39 is 11.7 Å². The molecule has 11 heteroatoms. The molecule has 3 aromatic heterocycles. The van der Waals surface area contributed by atoms with E-state index in [0.29, 0.717) is 13.1 Å². The fraction of sp³-hybridized carbons (Fsp3) is 0.385. The van der Waals surface area contributed by atoms with Crippen LogP contribution in [0.2, 0.25) is 0 Å². The van der Waals surface area contributed by atoms with E-state index in [0.717, 1.165) is 45.8 Å². The molecule has 4 aromatic rings. The second kappa shape index (κ2) is 9.62. The number of carbonyl (C=O) groups excluding carboxylic acids is 1. The van der Waals surface area contributed by atoms with Gasteiger partial charge in [-0.3, -0.25) is 0 Å². The lowest BCUT2D eigenvalue weighted by Crippen LogP contribution is -2.60. The molecule has 0 radical (unpaired) electrons. The average Bonchev–Trinajstić information content (AvgIpc) is 3.45. The smallest absolute Gasteiger partial charge is 0.407 e. The number of hydrogen-bond acceptors (Lipinski definition) is 8. The van der Waals surface area contributed by atoms with Crippen molar-refractivity contribution in [3.63, 3.8) is 0 Å². The minimum Gasteiger partial charge on any atom is -0.444 e. The lowest BCUT2D eigenvalue weighted by atomic mass is 10.1. The van der Waals surface area contributed by atoms with Crippen LogP contribution in [0, 0.1) is 5.82 Å². The van der Waals surface area contributed by atoms with Gasteiger partial charge in [-0.15, -0.1) is 16.4 Å². The molecule has 9 nitrogen and oxygen atoms in total. The Bertz CT molecular complexity index is 1420. The van der Waals surface area contributed by atoms with Crippen molar-refractivity contribution in [2.75, 3.05) is 29.9 Å². The number of carbonyl (C=O) groups is 1. The second-order valence-corrected chi connectivity index (χ2v) is 10.9. The fourth-order valence-corrected chi connectivity index (χ4v) is 4.99. The number of imidazole rings is 1. The molecule has 0 aliphatic carbocycles. The highest BCUT2D eigenvalue weighted by Crippen LogP contribution is 2.34. The molecule has 1 N–H and O–H groups in total. The minimum absolute atomic E-state index is 0.00341. The molecule has 1 aliphatic rings. The van der Waals surface area contributed by atoms with E-state index in [9.17, 15) is 9.18 Å². The number of thiazole rings is 1. The number of rotatable bonds is 6. The van der Waals surface area contributed by atoms with E-state index in [1.807, 2.05) is 54.7 Å². The Morgan fingerprint density at radius 2 is 1.92 bits per heavy atom. The van der Waals surface area contributed by atoms with Crippen molar-refractivity contribution >= 4 is 39.8 Å². The number of halogens is 1. The largest absolute Gasteiger partial charge is 0.444 e. The molecule has 37 heavy (non-hydrogen) atoms. The normalized spacial score (nSPS) is 14.1. The number of benzene rings is 1. The van der Waals surface area contributed by atoms with Gasteiger partial charge in [0.05, 0.1) is 17.4 Å².